The van der Waals surface area contributed by atoms with E-state index in [1.165, 1.54) is 24.7 Å². The monoisotopic (exact) mass is 432 g/mol. The first kappa shape index (κ1) is 20.2. The Labute approximate surface area is 170 Å². The first-order valence-corrected chi connectivity index (χ1v) is 13.8. The van der Waals surface area contributed by atoms with Crippen LogP contribution in [-0.2, 0) is 9.53 Å². The van der Waals surface area contributed by atoms with Crippen LogP contribution in [0.25, 0.3) is 0 Å². The van der Waals surface area contributed by atoms with E-state index in [-0.39, 0.29) is 5.97 Å². The molecule has 0 N–H and O–H groups in total. The van der Waals surface area contributed by atoms with Crippen molar-refractivity contribution in [3.8, 4) is 0 Å². The Bertz CT molecular complexity index is 851. The Morgan fingerprint density at radius 2 is 1.11 bits per heavy atom. The third kappa shape index (κ3) is 3.57. The molecule has 3 rings (SSSR count). The topological polar surface area (TPSA) is 26.3 Å². The van der Waals surface area contributed by atoms with Gasteiger partial charge in [-0.25, -0.2) is 0 Å². The molecule has 0 aliphatic rings. The molecular formula is C25H26GeO2. The van der Waals surface area contributed by atoms with Gasteiger partial charge in [0.05, 0.1) is 0 Å². The fraction of sp³-hybridized carbons (Fsp3) is 0.160. The first-order valence-electron chi connectivity index (χ1n) is 9.61. The molecule has 28 heavy (non-hydrogen) atoms. The van der Waals surface area contributed by atoms with Crippen LogP contribution in [0.5, 0.6) is 0 Å². The molecule has 0 bridgehead atoms. The number of carbonyl (C=O) groups is 1. The Balaban J connectivity index is 2.50. The van der Waals surface area contributed by atoms with Crippen molar-refractivity contribution in [3.63, 3.8) is 0 Å². The summed E-state index contributed by atoms with van der Waals surface area (Å²) < 4.78 is 10.3. The number of benzene rings is 3. The van der Waals surface area contributed by atoms with Crippen molar-refractivity contribution >= 4 is 32.4 Å². The predicted molar refractivity (Wildman–Crippen MR) is 119 cm³/mol. The Hall–Kier alpha value is -2.59. The first-order chi connectivity index (χ1) is 13.7. The van der Waals surface area contributed by atoms with E-state index < -0.39 is 13.3 Å². The van der Waals surface area contributed by atoms with Crippen molar-refractivity contribution in [2.24, 2.45) is 0 Å². The molecule has 3 heteroatoms. The normalized spacial score (nSPS) is 12.2. The standard InChI is InChI=1S/C25H26GeO2/c1-4-24(20(2)25(27)28-3)26(21-14-8-5-9-15-21,22-16-10-6-11-17-22)23-18-12-7-13-19-23/h5-19H,4H2,1-3H3/b24-20-. The van der Waals surface area contributed by atoms with E-state index in [1.807, 2.05) is 6.92 Å². The average molecular weight is 431 g/mol. The molecule has 0 radical (unpaired) electrons. The molecule has 0 spiro atoms. The number of hydrogen-bond donors (Lipinski definition) is 0. The molecule has 0 atom stereocenters. The van der Waals surface area contributed by atoms with E-state index in [0.29, 0.717) is 0 Å². The van der Waals surface area contributed by atoms with Gasteiger partial charge in [0.15, 0.2) is 0 Å². The van der Waals surface area contributed by atoms with Crippen LogP contribution < -0.4 is 13.2 Å². The Morgan fingerprint density at radius 1 is 0.750 bits per heavy atom. The molecule has 2 nitrogen and oxygen atoms in total. The number of allylic oxidation sites excluding steroid dienone is 1. The molecule has 142 valence electrons. The van der Waals surface area contributed by atoms with Crippen LogP contribution in [0.2, 0.25) is 0 Å². The zero-order valence-electron chi connectivity index (χ0n) is 16.7. The minimum atomic E-state index is -3.33. The van der Waals surface area contributed by atoms with Crippen molar-refractivity contribution in [2.45, 2.75) is 20.3 Å². The van der Waals surface area contributed by atoms with E-state index in [1.54, 1.807) is 0 Å². The van der Waals surface area contributed by atoms with Gasteiger partial charge in [0, 0.05) is 0 Å². The van der Waals surface area contributed by atoms with Crippen molar-refractivity contribution in [1.29, 1.82) is 0 Å². The van der Waals surface area contributed by atoms with Gasteiger partial charge in [-0.2, -0.15) is 0 Å². The Morgan fingerprint density at radius 3 is 1.39 bits per heavy atom. The van der Waals surface area contributed by atoms with Gasteiger partial charge in [0.2, 0.25) is 0 Å². The number of esters is 1. The van der Waals surface area contributed by atoms with E-state index in [4.69, 9.17) is 4.74 Å². The maximum absolute atomic E-state index is 12.6. The molecule has 0 aliphatic heterocycles. The number of methoxy groups -OCH3 is 1. The minimum absolute atomic E-state index is 0.241. The van der Waals surface area contributed by atoms with Crippen LogP contribution in [-0.4, -0.2) is 26.3 Å². The van der Waals surface area contributed by atoms with Crippen LogP contribution in [0.15, 0.2) is 101 Å². The molecular weight excluding hydrogens is 405 g/mol. The van der Waals surface area contributed by atoms with Gasteiger partial charge >= 0.3 is 170 Å². The second-order valence-corrected chi connectivity index (χ2v) is 14.8. The van der Waals surface area contributed by atoms with E-state index >= 15 is 0 Å². The summed E-state index contributed by atoms with van der Waals surface area (Å²) >= 11 is -3.33. The quantitative estimate of drug-likeness (QED) is 0.339. The van der Waals surface area contributed by atoms with E-state index in [2.05, 4.69) is 97.9 Å². The summed E-state index contributed by atoms with van der Waals surface area (Å²) in [7, 11) is 1.46. The summed E-state index contributed by atoms with van der Waals surface area (Å²) in [4.78, 5) is 12.6. The third-order valence-electron chi connectivity index (χ3n) is 5.37. The van der Waals surface area contributed by atoms with Gasteiger partial charge in [-0.05, 0) is 0 Å². The number of rotatable bonds is 6. The van der Waals surface area contributed by atoms with Crippen LogP contribution in [0.3, 0.4) is 0 Å². The number of hydrogen-bond acceptors (Lipinski definition) is 2. The van der Waals surface area contributed by atoms with Gasteiger partial charge in [0.25, 0.3) is 0 Å². The molecule has 0 fully saturated rings. The molecule has 3 aromatic rings. The molecule has 0 aromatic heterocycles. The summed E-state index contributed by atoms with van der Waals surface area (Å²) in [6, 6.07) is 32.1. The molecule has 0 heterocycles. The summed E-state index contributed by atoms with van der Waals surface area (Å²) in [6.07, 6.45) is 0.805. The summed E-state index contributed by atoms with van der Waals surface area (Å²) in [5.41, 5.74) is 0.738. The summed E-state index contributed by atoms with van der Waals surface area (Å²) in [5.74, 6) is -0.241. The molecule has 3 aromatic carbocycles. The average Bonchev–Trinajstić information content (AvgIpc) is 2.78. The van der Waals surface area contributed by atoms with E-state index in [0.717, 1.165) is 12.0 Å². The summed E-state index contributed by atoms with van der Waals surface area (Å²) in [5, 5.41) is 0. The SMILES string of the molecule is CC/[C](=C(\C)C(=O)OC)[Ge]([c]1ccccc1)([c]1ccccc1)[c]1ccccc1. The van der Waals surface area contributed by atoms with Gasteiger partial charge in [-0.15, -0.1) is 0 Å². The fourth-order valence-corrected chi connectivity index (χ4v) is 15.3. The van der Waals surface area contributed by atoms with Crippen molar-refractivity contribution < 1.29 is 9.53 Å². The van der Waals surface area contributed by atoms with E-state index in [9.17, 15) is 4.79 Å². The van der Waals surface area contributed by atoms with Crippen LogP contribution in [0, 0.1) is 0 Å². The Kier molecular flexibility index (Phi) is 6.53. The molecule has 0 unspecified atom stereocenters. The van der Waals surface area contributed by atoms with Crippen LogP contribution in [0.1, 0.15) is 20.3 Å². The zero-order valence-corrected chi connectivity index (χ0v) is 18.8. The van der Waals surface area contributed by atoms with Crippen LogP contribution >= 0.6 is 0 Å². The molecule has 0 aliphatic carbocycles. The van der Waals surface area contributed by atoms with Gasteiger partial charge < -0.3 is 0 Å². The third-order valence-corrected chi connectivity index (χ3v) is 16.3. The number of ether oxygens (including phenoxy) is 1. The van der Waals surface area contributed by atoms with Crippen molar-refractivity contribution in [2.75, 3.05) is 7.11 Å². The second-order valence-electron chi connectivity index (χ2n) is 6.80. The molecule has 0 saturated heterocycles. The summed E-state index contributed by atoms with van der Waals surface area (Å²) in [6.45, 7) is 4.07. The maximum atomic E-state index is 12.6. The van der Waals surface area contributed by atoms with Crippen molar-refractivity contribution in [3.05, 3.63) is 101 Å². The van der Waals surface area contributed by atoms with Crippen molar-refractivity contribution in [1.82, 2.24) is 0 Å². The van der Waals surface area contributed by atoms with Crippen LogP contribution in [0.4, 0.5) is 0 Å². The second kappa shape index (κ2) is 9.07. The van der Waals surface area contributed by atoms with Gasteiger partial charge in [-0.1, -0.05) is 0 Å². The molecule has 0 saturated carbocycles. The molecule has 0 amide bonds. The predicted octanol–water partition coefficient (Wildman–Crippen LogP) is 3.60. The fourth-order valence-electron chi connectivity index (χ4n) is 4.18. The van der Waals surface area contributed by atoms with Gasteiger partial charge in [0.1, 0.15) is 0 Å². The van der Waals surface area contributed by atoms with Gasteiger partial charge in [-0.3, -0.25) is 0 Å². The zero-order chi connectivity index (χ0) is 20.0. The number of carbonyl (C=O) groups excluding carboxylic acids is 1.